The predicted molar refractivity (Wildman–Crippen MR) is 348 cm³/mol. The SMILES string of the molecule is CC/C=C\C/C=C\C/C=C\C/C=C\C/C=C\CCCCCCCCCCCC(=O)OCC(COC(=O)CCCCCCCCC/C=C\C/C=C\CCCCCC)OC(=O)CCCCCCCCCCCCCCCCCCCCC. The molecule has 1 atom stereocenters. The van der Waals surface area contributed by atoms with Crippen molar-refractivity contribution in [3.8, 4) is 0 Å². The van der Waals surface area contributed by atoms with Crippen molar-refractivity contribution in [2.24, 2.45) is 0 Å². The zero-order valence-electron chi connectivity index (χ0n) is 53.1. The van der Waals surface area contributed by atoms with E-state index < -0.39 is 6.10 Å². The van der Waals surface area contributed by atoms with Crippen molar-refractivity contribution >= 4 is 17.9 Å². The van der Waals surface area contributed by atoms with Gasteiger partial charge in [0.05, 0.1) is 0 Å². The third kappa shape index (κ3) is 65.4. The van der Waals surface area contributed by atoms with E-state index in [1.54, 1.807) is 0 Å². The van der Waals surface area contributed by atoms with Crippen LogP contribution in [-0.4, -0.2) is 37.2 Å². The van der Waals surface area contributed by atoms with Crippen LogP contribution in [0.15, 0.2) is 85.1 Å². The molecule has 80 heavy (non-hydrogen) atoms. The first-order valence-electron chi connectivity index (χ1n) is 34.6. The molecule has 0 aliphatic carbocycles. The van der Waals surface area contributed by atoms with Crippen LogP contribution >= 0.6 is 0 Å². The van der Waals surface area contributed by atoms with Gasteiger partial charge in [0, 0.05) is 19.3 Å². The maximum absolute atomic E-state index is 13.0. The molecule has 0 saturated heterocycles. The van der Waals surface area contributed by atoms with Gasteiger partial charge < -0.3 is 14.2 Å². The lowest BCUT2D eigenvalue weighted by Crippen LogP contribution is -2.30. The topological polar surface area (TPSA) is 78.9 Å². The summed E-state index contributed by atoms with van der Waals surface area (Å²) in [7, 11) is 0. The number of hydrogen-bond donors (Lipinski definition) is 0. The number of unbranched alkanes of at least 4 members (excludes halogenated alkanes) is 38. The van der Waals surface area contributed by atoms with Crippen molar-refractivity contribution in [2.75, 3.05) is 13.2 Å². The lowest BCUT2D eigenvalue weighted by atomic mass is 10.0. The Morgan fingerprint density at radius 2 is 0.487 bits per heavy atom. The van der Waals surface area contributed by atoms with Gasteiger partial charge in [-0.1, -0.05) is 318 Å². The first kappa shape index (κ1) is 76.6. The lowest BCUT2D eigenvalue weighted by molar-refractivity contribution is -0.167. The molecule has 0 fully saturated rings. The summed E-state index contributed by atoms with van der Waals surface area (Å²) >= 11 is 0. The number of carbonyl (C=O) groups excluding carboxylic acids is 3. The van der Waals surface area contributed by atoms with Crippen LogP contribution in [0.1, 0.15) is 348 Å². The predicted octanol–water partition coefficient (Wildman–Crippen LogP) is 23.8. The summed E-state index contributed by atoms with van der Waals surface area (Å²) in [5.41, 5.74) is 0. The average molecular weight is 1120 g/mol. The van der Waals surface area contributed by atoms with Gasteiger partial charge in [0.25, 0.3) is 0 Å². The summed E-state index contributed by atoms with van der Waals surface area (Å²) < 4.78 is 17.0. The van der Waals surface area contributed by atoms with E-state index in [0.29, 0.717) is 19.3 Å². The Bertz CT molecular complexity index is 1520. The van der Waals surface area contributed by atoms with E-state index >= 15 is 0 Å². The zero-order chi connectivity index (χ0) is 57.8. The summed E-state index contributed by atoms with van der Waals surface area (Å²) in [6.07, 6.45) is 90.2. The molecule has 1 unspecified atom stereocenters. The monoisotopic (exact) mass is 1110 g/mol. The highest BCUT2D eigenvalue weighted by molar-refractivity contribution is 5.71. The Labute approximate surface area is 496 Å². The van der Waals surface area contributed by atoms with E-state index in [9.17, 15) is 14.4 Å². The molecular formula is C74H130O6. The number of allylic oxidation sites excluding steroid dienone is 14. The molecule has 0 rings (SSSR count). The Kier molecular flexibility index (Phi) is 65.2. The highest BCUT2D eigenvalue weighted by Gasteiger charge is 2.19. The minimum atomic E-state index is -0.783. The molecule has 0 bridgehead atoms. The van der Waals surface area contributed by atoms with Crippen LogP contribution in [0.2, 0.25) is 0 Å². The number of ether oxygens (including phenoxy) is 3. The minimum Gasteiger partial charge on any atom is -0.462 e. The summed E-state index contributed by atoms with van der Waals surface area (Å²) in [5, 5.41) is 0. The van der Waals surface area contributed by atoms with E-state index in [1.807, 2.05) is 0 Å². The smallest absolute Gasteiger partial charge is 0.306 e. The first-order chi connectivity index (χ1) is 39.5. The second kappa shape index (κ2) is 68.1. The maximum Gasteiger partial charge on any atom is 0.306 e. The summed E-state index contributed by atoms with van der Waals surface area (Å²) in [5.74, 6) is -0.872. The quantitative estimate of drug-likeness (QED) is 0.0261. The second-order valence-electron chi connectivity index (χ2n) is 23.1. The number of rotatable bonds is 63. The molecular weight excluding hydrogens is 985 g/mol. The van der Waals surface area contributed by atoms with Gasteiger partial charge in [-0.05, 0) is 96.3 Å². The molecule has 6 nitrogen and oxygen atoms in total. The van der Waals surface area contributed by atoms with Gasteiger partial charge in [-0.25, -0.2) is 0 Å². The molecule has 0 saturated carbocycles. The van der Waals surface area contributed by atoms with Crippen LogP contribution < -0.4 is 0 Å². The third-order valence-electron chi connectivity index (χ3n) is 15.1. The normalized spacial score (nSPS) is 12.6. The Morgan fingerprint density at radius 3 is 0.775 bits per heavy atom. The van der Waals surface area contributed by atoms with E-state index in [2.05, 4.69) is 106 Å². The molecule has 0 amide bonds. The van der Waals surface area contributed by atoms with E-state index in [1.165, 1.54) is 199 Å². The molecule has 0 N–H and O–H groups in total. The summed E-state index contributed by atoms with van der Waals surface area (Å²) in [6, 6.07) is 0. The van der Waals surface area contributed by atoms with Crippen LogP contribution in [0.5, 0.6) is 0 Å². The van der Waals surface area contributed by atoms with E-state index in [0.717, 1.165) is 109 Å². The van der Waals surface area contributed by atoms with Gasteiger partial charge in [0.1, 0.15) is 13.2 Å². The third-order valence-corrected chi connectivity index (χ3v) is 15.1. The fraction of sp³-hybridized carbons (Fsp3) is 0.770. The Morgan fingerprint density at radius 1 is 0.263 bits per heavy atom. The highest BCUT2D eigenvalue weighted by Crippen LogP contribution is 2.17. The number of esters is 3. The first-order valence-corrected chi connectivity index (χ1v) is 34.6. The molecule has 462 valence electrons. The van der Waals surface area contributed by atoms with Crippen molar-refractivity contribution in [1.29, 1.82) is 0 Å². The van der Waals surface area contributed by atoms with Gasteiger partial charge >= 0.3 is 17.9 Å². The van der Waals surface area contributed by atoms with E-state index in [4.69, 9.17) is 14.2 Å². The van der Waals surface area contributed by atoms with Crippen molar-refractivity contribution in [1.82, 2.24) is 0 Å². The number of carbonyl (C=O) groups is 3. The molecule has 0 radical (unpaired) electrons. The number of hydrogen-bond acceptors (Lipinski definition) is 6. The van der Waals surface area contributed by atoms with Crippen LogP contribution in [0.4, 0.5) is 0 Å². The lowest BCUT2D eigenvalue weighted by Gasteiger charge is -2.18. The van der Waals surface area contributed by atoms with Gasteiger partial charge in [-0.15, -0.1) is 0 Å². The fourth-order valence-electron chi connectivity index (χ4n) is 9.97. The van der Waals surface area contributed by atoms with Crippen LogP contribution in [0.3, 0.4) is 0 Å². The molecule has 0 aromatic heterocycles. The highest BCUT2D eigenvalue weighted by atomic mass is 16.6. The van der Waals surface area contributed by atoms with Crippen molar-refractivity contribution in [2.45, 2.75) is 354 Å². The molecule has 6 heteroatoms. The minimum absolute atomic E-state index is 0.0792. The van der Waals surface area contributed by atoms with Gasteiger partial charge in [-0.2, -0.15) is 0 Å². The van der Waals surface area contributed by atoms with Crippen molar-refractivity contribution in [3.63, 3.8) is 0 Å². The molecule has 0 aromatic carbocycles. The van der Waals surface area contributed by atoms with Gasteiger partial charge in [0.15, 0.2) is 6.10 Å². The van der Waals surface area contributed by atoms with Crippen molar-refractivity contribution < 1.29 is 28.6 Å². The second-order valence-corrected chi connectivity index (χ2v) is 23.1. The molecule has 0 aromatic rings. The van der Waals surface area contributed by atoms with Gasteiger partial charge in [-0.3, -0.25) is 14.4 Å². The van der Waals surface area contributed by atoms with Crippen LogP contribution in [-0.2, 0) is 28.6 Å². The molecule has 0 heterocycles. The van der Waals surface area contributed by atoms with Crippen LogP contribution in [0.25, 0.3) is 0 Å². The largest absolute Gasteiger partial charge is 0.462 e. The molecule has 0 spiro atoms. The van der Waals surface area contributed by atoms with Crippen LogP contribution in [0, 0.1) is 0 Å². The Balaban J connectivity index is 4.36. The average Bonchev–Trinajstić information content (AvgIpc) is 3.46. The summed E-state index contributed by atoms with van der Waals surface area (Å²) in [4.78, 5) is 38.5. The summed E-state index contributed by atoms with van der Waals surface area (Å²) in [6.45, 7) is 6.55. The fourth-order valence-corrected chi connectivity index (χ4v) is 9.97. The molecule has 0 aliphatic heterocycles. The standard InChI is InChI=1S/C74H130O6/c1-4-7-10-13-16-19-22-25-28-31-34-35-36-37-38-39-41-43-46-49-52-55-58-61-64-67-73(76)79-70-71(69-78-72(75)66-63-60-57-54-51-48-45-42-33-30-27-24-21-18-15-12-9-6-3)80-74(77)68-65-62-59-56-53-50-47-44-40-32-29-26-23-20-17-14-11-8-5-2/h7,10,16,19,21,24-25,28,30,33-35,37-38,71H,4-6,8-9,11-15,17-18,20,22-23,26-27,29,31-32,36,39-70H2,1-3H3/b10-7-,19-16-,24-21-,28-25-,33-30-,35-34-,38-37-. The van der Waals surface area contributed by atoms with Gasteiger partial charge in [0.2, 0.25) is 0 Å². The maximum atomic E-state index is 13.0. The Hall–Kier alpha value is -3.41. The van der Waals surface area contributed by atoms with Crippen molar-refractivity contribution in [3.05, 3.63) is 85.1 Å². The molecule has 0 aliphatic rings. The van der Waals surface area contributed by atoms with E-state index in [-0.39, 0.29) is 31.1 Å². The zero-order valence-corrected chi connectivity index (χ0v) is 53.1.